The number of likely N-dealkylation sites (tertiary alicyclic amines) is 1. The number of hydrogen-bond acceptors (Lipinski definition) is 3. The van der Waals surface area contributed by atoms with Gasteiger partial charge in [0.25, 0.3) is 0 Å². The molecule has 0 aliphatic carbocycles. The molecule has 0 aromatic heterocycles. The van der Waals surface area contributed by atoms with Gasteiger partial charge in [-0.25, -0.2) is 8.78 Å². The van der Waals surface area contributed by atoms with Crippen molar-refractivity contribution in [2.75, 3.05) is 51.2 Å². The average molecular weight is 365 g/mol. The first-order valence-electron chi connectivity index (χ1n) is 9.49. The summed E-state index contributed by atoms with van der Waals surface area (Å²) in [5, 5.41) is 6.80. The first-order chi connectivity index (χ1) is 12.6. The molecule has 2 saturated heterocycles. The van der Waals surface area contributed by atoms with Crippen LogP contribution in [-0.4, -0.2) is 63.2 Å². The van der Waals surface area contributed by atoms with Crippen molar-refractivity contribution in [2.45, 2.75) is 25.8 Å². The molecule has 144 valence electrons. The third-order valence-electron chi connectivity index (χ3n) is 5.38. The number of anilines is 1. The van der Waals surface area contributed by atoms with E-state index in [1.807, 2.05) is 0 Å². The summed E-state index contributed by atoms with van der Waals surface area (Å²) in [7, 11) is 1.76. The van der Waals surface area contributed by atoms with E-state index in [1.165, 1.54) is 31.2 Å². The molecule has 1 aromatic carbocycles. The quantitative estimate of drug-likeness (QED) is 0.619. The lowest BCUT2D eigenvalue weighted by molar-refractivity contribution is 0.341. The topological polar surface area (TPSA) is 42.9 Å². The number of aliphatic imine (C=N–C) groups is 1. The van der Waals surface area contributed by atoms with Gasteiger partial charge in [0.15, 0.2) is 5.96 Å². The van der Waals surface area contributed by atoms with Crippen LogP contribution in [0.2, 0.25) is 0 Å². The molecule has 2 aliphatic heterocycles. The predicted octanol–water partition coefficient (Wildman–Crippen LogP) is 2.05. The molecule has 7 heteroatoms. The lowest BCUT2D eigenvalue weighted by Crippen LogP contribution is -2.46. The molecular formula is C19H29F2N5. The Morgan fingerprint density at radius 2 is 1.96 bits per heavy atom. The van der Waals surface area contributed by atoms with E-state index in [4.69, 9.17) is 0 Å². The molecule has 0 amide bonds. The van der Waals surface area contributed by atoms with Gasteiger partial charge in [-0.1, -0.05) is 13.0 Å². The fraction of sp³-hybridized carbons (Fsp3) is 0.632. The van der Waals surface area contributed by atoms with Gasteiger partial charge in [-0.2, -0.15) is 0 Å². The summed E-state index contributed by atoms with van der Waals surface area (Å²) in [5.41, 5.74) is 0.0744. The molecule has 26 heavy (non-hydrogen) atoms. The van der Waals surface area contributed by atoms with Crippen molar-refractivity contribution in [1.29, 1.82) is 0 Å². The summed E-state index contributed by atoms with van der Waals surface area (Å²) in [6.07, 6.45) is 2.03. The van der Waals surface area contributed by atoms with Crippen LogP contribution in [0.1, 0.15) is 19.8 Å². The highest BCUT2D eigenvalue weighted by molar-refractivity contribution is 5.80. The van der Waals surface area contributed by atoms with E-state index < -0.39 is 11.6 Å². The van der Waals surface area contributed by atoms with E-state index in [2.05, 4.69) is 27.4 Å². The van der Waals surface area contributed by atoms with E-state index >= 15 is 0 Å². The summed E-state index contributed by atoms with van der Waals surface area (Å²) in [5.74, 6) is 0.395. The minimum absolute atomic E-state index is 0.0744. The summed E-state index contributed by atoms with van der Waals surface area (Å²) in [6.45, 7) is 7.68. The molecule has 0 bridgehead atoms. The minimum Gasteiger partial charge on any atom is -0.365 e. The van der Waals surface area contributed by atoms with Gasteiger partial charge in [0.2, 0.25) is 0 Å². The van der Waals surface area contributed by atoms with Crippen molar-refractivity contribution in [3.63, 3.8) is 0 Å². The van der Waals surface area contributed by atoms with Crippen LogP contribution in [-0.2, 0) is 0 Å². The van der Waals surface area contributed by atoms with Crippen molar-refractivity contribution in [3.05, 3.63) is 29.8 Å². The molecule has 2 fully saturated rings. The Balaban J connectivity index is 1.49. The normalized spacial score (nSPS) is 24.3. The standard InChI is InChI=1S/C19H29F2N5/c1-3-25-9-7-14(12-25)11-23-19(22-2)24-15-8-10-26(13-15)18-16(20)5-4-6-17(18)21/h4-6,14-15H,3,7-13H2,1-2H3,(H2,22,23,24). The number of nitrogens with zero attached hydrogens (tertiary/aromatic N) is 3. The lowest BCUT2D eigenvalue weighted by Gasteiger charge is -2.22. The predicted molar refractivity (Wildman–Crippen MR) is 102 cm³/mol. The zero-order chi connectivity index (χ0) is 18.5. The van der Waals surface area contributed by atoms with Gasteiger partial charge >= 0.3 is 0 Å². The van der Waals surface area contributed by atoms with Gasteiger partial charge in [-0.05, 0) is 44.0 Å². The van der Waals surface area contributed by atoms with Gasteiger partial charge < -0.3 is 20.4 Å². The van der Waals surface area contributed by atoms with Crippen LogP contribution < -0.4 is 15.5 Å². The Morgan fingerprint density at radius 3 is 2.62 bits per heavy atom. The van der Waals surface area contributed by atoms with Gasteiger partial charge in [0.1, 0.15) is 17.3 Å². The Hall–Kier alpha value is -1.89. The van der Waals surface area contributed by atoms with Crippen molar-refractivity contribution in [2.24, 2.45) is 10.9 Å². The Labute approximate surface area is 154 Å². The molecule has 2 unspecified atom stereocenters. The third-order valence-corrected chi connectivity index (χ3v) is 5.38. The highest BCUT2D eigenvalue weighted by Crippen LogP contribution is 2.26. The van der Waals surface area contributed by atoms with E-state index in [0.717, 1.165) is 32.0 Å². The molecule has 3 rings (SSSR count). The maximum absolute atomic E-state index is 14.0. The summed E-state index contributed by atoms with van der Waals surface area (Å²) in [6, 6.07) is 4.13. The van der Waals surface area contributed by atoms with Crippen LogP contribution in [0.15, 0.2) is 23.2 Å². The van der Waals surface area contributed by atoms with Crippen molar-refractivity contribution < 1.29 is 8.78 Å². The number of benzene rings is 1. The van der Waals surface area contributed by atoms with E-state index in [0.29, 0.717) is 19.0 Å². The van der Waals surface area contributed by atoms with Crippen LogP contribution >= 0.6 is 0 Å². The molecular weight excluding hydrogens is 336 g/mol. The Kier molecular flexibility index (Phi) is 6.29. The lowest BCUT2D eigenvalue weighted by atomic mass is 10.1. The van der Waals surface area contributed by atoms with Crippen LogP contribution in [0, 0.1) is 17.6 Å². The molecule has 0 spiro atoms. The van der Waals surface area contributed by atoms with E-state index in [1.54, 1.807) is 11.9 Å². The monoisotopic (exact) mass is 365 g/mol. The first-order valence-corrected chi connectivity index (χ1v) is 9.49. The fourth-order valence-corrected chi connectivity index (χ4v) is 3.87. The third kappa shape index (κ3) is 4.44. The summed E-state index contributed by atoms with van der Waals surface area (Å²) < 4.78 is 27.9. The first kappa shape index (κ1) is 18.9. The van der Waals surface area contributed by atoms with Crippen molar-refractivity contribution >= 4 is 11.6 Å². The molecule has 2 N–H and O–H groups in total. The number of nitrogens with one attached hydrogen (secondary N) is 2. The largest absolute Gasteiger partial charge is 0.365 e. The minimum atomic E-state index is -0.505. The SMILES string of the molecule is CCN1CCC(CNC(=NC)NC2CCN(c3c(F)cccc3F)C2)C1. The molecule has 0 saturated carbocycles. The molecule has 2 atom stereocenters. The van der Waals surface area contributed by atoms with Crippen LogP contribution in [0.25, 0.3) is 0 Å². The second-order valence-corrected chi connectivity index (χ2v) is 7.15. The average Bonchev–Trinajstić information content (AvgIpc) is 3.28. The molecule has 1 aromatic rings. The number of rotatable bonds is 5. The molecule has 2 aliphatic rings. The Bertz CT molecular complexity index is 616. The smallest absolute Gasteiger partial charge is 0.191 e. The van der Waals surface area contributed by atoms with Crippen molar-refractivity contribution in [3.8, 4) is 0 Å². The zero-order valence-corrected chi connectivity index (χ0v) is 15.6. The maximum Gasteiger partial charge on any atom is 0.191 e. The zero-order valence-electron chi connectivity index (χ0n) is 15.6. The number of halogens is 2. The Morgan fingerprint density at radius 1 is 1.19 bits per heavy atom. The number of para-hydroxylation sites is 1. The van der Waals surface area contributed by atoms with Crippen LogP contribution in [0.5, 0.6) is 0 Å². The summed E-state index contributed by atoms with van der Waals surface area (Å²) >= 11 is 0. The van der Waals surface area contributed by atoms with Gasteiger partial charge in [0.05, 0.1) is 0 Å². The second kappa shape index (κ2) is 8.66. The molecule has 0 radical (unpaired) electrons. The van der Waals surface area contributed by atoms with Crippen LogP contribution in [0.3, 0.4) is 0 Å². The van der Waals surface area contributed by atoms with Gasteiger partial charge in [-0.3, -0.25) is 4.99 Å². The van der Waals surface area contributed by atoms with E-state index in [9.17, 15) is 8.78 Å². The molecule has 2 heterocycles. The maximum atomic E-state index is 14.0. The van der Waals surface area contributed by atoms with Crippen LogP contribution in [0.4, 0.5) is 14.5 Å². The van der Waals surface area contributed by atoms with Gasteiger partial charge in [0, 0.05) is 39.3 Å². The van der Waals surface area contributed by atoms with E-state index in [-0.39, 0.29) is 11.7 Å². The summed E-state index contributed by atoms with van der Waals surface area (Å²) in [4.78, 5) is 8.53. The number of guanidine groups is 1. The second-order valence-electron chi connectivity index (χ2n) is 7.15. The molecule has 5 nitrogen and oxygen atoms in total. The highest BCUT2D eigenvalue weighted by atomic mass is 19.1. The van der Waals surface area contributed by atoms with Crippen molar-refractivity contribution in [1.82, 2.24) is 15.5 Å². The van der Waals surface area contributed by atoms with Gasteiger partial charge in [-0.15, -0.1) is 0 Å². The highest BCUT2D eigenvalue weighted by Gasteiger charge is 2.27. The number of hydrogen-bond donors (Lipinski definition) is 2. The fourth-order valence-electron chi connectivity index (χ4n) is 3.87.